The Kier molecular flexibility index (Phi) is 4.37. The van der Waals surface area contributed by atoms with E-state index >= 15 is 0 Å². The molecule has 2 heterocycles. The quantitative estimate of drug-likeness (QED) is 0.887. The van der Waals surface area contributed by atoms with Crippen LogP contribution in [0.1, 0.15) is 23.9 Å². The van der Waals surface area contributed by atoms with Crippen molar-refractivity contribution in [2.24, 2.45) is 0 Å². The Morgan fingerprint density at radius 3 is 2.90 bits per heavy atom. The van der Waals surface area contributed by atoms with Gasteiger partial charge in [-0.25, -0.2) is 4.39 Å². The maximum absolute atomic E-state index is 13.2. The molecule has 108 valence electrons. The second-order valence-electron chi connectivity index (χ2n) is 4.77. The van der Waals surface area contributed by atoms with Crippen molar-refractivity contribution in [2.45, 2.75) is 25.5 Å². The van der Waals surface area contributed by atoms with Crippen molar-refractivity contribution in [1.82, 2.24) is 15.5 Å². The van der Waals surface area contributed by atoms with Gasteiger partial charge in [0.25, 0.3) is 0 Å². The minimum atomic E-state index is -0.381. The Balaban J connectivity index is 0.00000147. The van der Waals surface area contributed by atoms with Gasteiger partial charge < -0.3 is 14.9 Å². The van der Waals surface area contributed by atoms with Crippen molar-refractivity contribution in [3.63, 3.8) is 0 Å². The van der Waals surface area contributed by atoms with Crippen LogP contribution < -0.4 is 5.32 Å². The number of hydrogen-bond acceptors (Lipinski definition) is 5. The van der Waals surface area contributed by atoms with Gasteiger partial charge in [-0.3, -0.25) is 0 Å². The highest BCUT2D eigenvalue weighted by Crippen LogP contribution is 2.25. The highest BCUT2D eigenvalue weighted by atomic mass is 35.5. The molecular weight excluding hydrogens is 285 g/mol. The van der Waals surface area contributed by atoms with E-state index in [9.17, 15) is 9.50 Å². The molecule has 0 unspecified atom stereocenters. The van der Waals surface area contributed by atoms with E-state index in [0.29, 0.717) is 35.8 Å². The van der Waals surface area contributed by atoms with Gasteiger partial charge in [-0.15, -0.1) is 12.4 Å². The molecule has 1 aromatic heterocycles. The molecule has 2 atom stereocenters. The number of halogens is 2. The topological polar surface area (TPSA) is 71.2 Å². The van der Waals surface area contributed by atoms with Crippen LogP contribution in [0.15, 0.2) is 22.7 Å². The van der Waals surface area contributed by atoms with Crippen LogP contribution in [0.3, 0.4) is 0 Å². The molecule has 0 bridgehead atoms. The van der Waals surface area contributed by atoms with E-state index in [0.717, 1.165) is 0 Å². The van der Waals surface area contributed by atoms with Crippen LogP contribution in [0.25, 0.3) is 11.4 Å². The summed E-state index contributed by atoms with van der Waals surface area (Å²) in [5, 5.41) is 16.5. The molecule has 2 N–H and O–H groups in total. The van der Waals surface area contributed by atoms with Gasteiger partial charge in [0.15, 0.2) is 0 Å². The molecular formula is C13H15ClFN3O2. The first-order valence-corrected chi connectivity index (χ1v) is 6.15. The molecule has 7 heteroatoms. The molecule has 0 spiro atoms. The van der Waals surface area contributed by atoms with Crippen LogP contribution >= 0.6 is 12.4 Å². The summed E-state index contributed by atoms with van der Waals surface area (Å²) in [7, 11) is 0. The summed E-state index contributed by atoms with van der Waals surface area (Å²) in [5.41, 5.74) is 1.26. The average Bonchev–Trinajstić information content (AvgIpc) is 3.01. The third-order valence-corrected chi connectivity index (χ3v) is 3.26. The molecule has 20 heavy (non-hydrogen) atoms. The molecule has 1 aliphatic heterocycles. The van der Waals surface area contributed by atoms with Crippen molar-refractivity contribution < 1.29 is 14.0 Å². The highest BCUT2D eigenvalue weighted by molar-refractivity contribution is 5.85. The third kappa shape index (κ3) is 2.82. The number of aliphatic hydroxyl groups is 1. The zero-order chi connectivity index (χ0) is 13.4. The lowest BCUT2D eigenvalue weighted by atomic mass is 10.1. The summed E-state index contributed by atoms with van der Waals surface area (Å²) in [6.07, 6.45) is 0.179. The normalized spacial score (nSPS) is 21.8. The molecule has 1 fully saturated rings. The van der Waals surface area contributed by atoms with E-state index in [-0.39, 0.29) is 30.4 Å². The summed E-state index contributed by atoms with van der Waals surface area (Å²) >= 11 is 0. The number of benzene rings is 1. The Hall–Kier alpha value is -1.50. The van der Waals surface area contributed by atoms with Crippen LogP contribution in [0.4, 0.5) is 4.39 Å². The molecule has 1 aromatic carbocycles. The van der Waals surface area contributed by atoms with Crippen LogP contribution in [0, 0.1) is 12.7 Å². The lowest BCUT2D eigenvalue weighted by molar-refractivity contribution is 0.191. The first kappa shape index (κ1) is 14.9. The minimum Gasteiger partial charge on any atom is -0.392 e. The molecule has 5 nitrogen and oxygen atoms in total. The SMILES string of the molecule is Cc1cc(-c2noc([C@H]3C[C@H](O)CN3)n2)ccc1F.Cl. The zero-order valence-corrected chi connectivity index (χ0v) is 11.7. The van der Waals surface area contributed by atoms with Crippen molar-refractivity contribution in [2.75, 3.05) is 6.54 Å². The fraction of sp³-hybridized carbons (Fsp3) is 0.385. The summed E-state index contributed by atoms with van der Waals surface area (Å²) in [4.78, 5) is 4.29. The lowest BCUT2D eigenvalue weighted by Crippen LogP contribution is -2.15. The average molecular weight is 300 g/mol. The molecule has 0 saturated carbocycles. The van der Waals surface area contributed by atoms with E-state index in [4.69, 9.17) is 4.52 Å². The predicted molar refractivity (Wildman–Crippen MR) is 73.0 cm³/mol. The molecule has 0 radical (unpaired) electrons. The molecule has 1 saturated heterocycles. The first-order valence-electron chi connectivity index (χ1n) is 6.15. The Morgan fingerprint density at radius 1 is 1.45 bits per heavy atom. The maximum Gasteiger partial charge on any atom is 0.244 e. The monoisotopic (exact) mass is 299 g/mol. The maximum atomic E-state index is 13.2. The number of β-amino-alcohol motifs (C(OH)–C–C–N with tert-alkyl or cyclic N) is 1. The van der Waals surface area contributed by atoms with Gasteiger partial charge in [0.05, 0.1) is 12.1 Å². The van der Waals surface area contributed by atoms with Crippen LogP contribution in [0.5, 0.6) is 0 Å². The number of nitrogens with one attached hydrogen (secondary N) is 1. The molecule has 2 aromatic rings. The summed E-state index contributed by atoms with van der Waals surface area (Å²) in [6, 6.07) is 4.57. The van der Waals surface area contributed by atoms with Gasteiger partial charge >= 0.3 is 0 Å². The fourth-order valence-electron chi connectivity index (χ4n) is 2.18. The second-order valence-corrected chi connectivity index (χ2v) is 4.77. The van der Waals surface area contributed by atoms with Gasteiger partial charge in [0.2, 0.25) is 11.7 Å². The van der Waals surface area contributed by atoms with Gasteiger partial charge in [-0.1, -0.05) is 5.16 Å². The van der Waals surface area contributed by atoms with Gasteiger partial charge in [-0.2, -0.15) is 4.98 Å². The predicted octanol–water partition coefficient (Wildman–Crippen LogP) is 2.00. The number of aromatic nitrogens is 2. The fourth-order valence-corrected chi connectivity index (χ4v) is 2.18. The molecule has 1 aliphatic rings. The molecule has 0 amide bonds. The summed E-state index contributed by atoms with van der Waals surface area (Å²) < 4.78 is 18.4. The lowest BCUT2D eigenvalue weighted by Gasteiger charge is -2.01. The van der Waals surface area contributed by atoms with Crippen LogP contribution in [-0.4, -0.2) is 27.9 Å². The number of aryl methyl sites for hydroxylation is 1. The first-order chi connectivity index (χ1) is 9.13. The third-order valence-electron chi connectivity index (χ3n) is 3.26. The number of hydrogen-bond donors (Lipinski definition) is 2. The molecule has 3 rings (SSSR count). The highest BCUT2D eigenvalue weighted by Gasteiger charge is 2.28. The van der Waals surface area contributed by atoms with Crippen LogP contribution in [-0.2, 0) is 0 Å². The van der Waals surface area contributed by atoms with Gasteiger partial charge in [0.1, 0.15) is 5.82 Å². The van der Waals surface area contributed by atoms with Crippen molar-refractivity contribution in [3.05, 3.63) is 35.5 Å². The molecule has 0 aliphatic carbocycles. The van der Waals surface area contributed by atoms with Crippen molar-refractivity contribution in [3.8, 4) is 11.4 Å². The van der Waals surface area contributed by atoms with Gasteiger partial charge in [-0.05, 0) is 37.1 Å². The largest absolute Gasteiger partial charge is 0.392 e. The second kappa shape index (κ2) is 5.87. The van der Waals surface area contributed by atoms with Crippen LogP contribution in [0.2, 0.25) is 0 Å². The van der Waals surface area contributed by atoms with Crippen molar-refractivity contribution >= 4 is 12.4 Å². The summed E-state index contributed by atoms with van der Waals surface area (Å²) in [6.45, 7) is 2.22. The smallest absolute Gasteiger partial charge is 0.244 e. The summed E-state index contributed by atoms with van der Waals surface area (Å²) in [5.74, 6) is 0.628. The van der Waals surface area contributed by atoms with Gasteiger partial charge in [0, 0.05) is 12.1 Å². The number of aliphatic hydroxyl groups excluding tert-OH is 1. The Labute approximate surface area is 121 Å². The van der Waals surface area contributed by atoms with E-state index in [2.05, 4.69) is 15.5 Å². The minimum absolute atomic E-state index is 0. The number of rotatable bonds is 2. The Morgan fingerprint density at radius 2 is 2.25 bits per heavy atom. The van der Waals surface area contributed by atoms with Crippen molar-refractivity contribution in [1.29, 1.82) is 0 Å². The van der Waals surface area contributed by atoms with E-state index < -0.39 is 0 Å². The zero-order valence-electron chi connectivity index (χ0n) is 10.8. The number of nitrogens with zero attached hydrogens (tertiary/aromatic N) is 2. The van der Waals surface area contributed by atoms with E-state index in [1.165, 1.54) is 6.07 Å². The Bertz CT molecular complexity index is 605. The van der Waals surface area contributed by atoms with E-state index in [1.807, 2.05) is 0 Å². The van der Waals surface area contributed by atoms with E-state index in [1.54, 1.807) is 19.1 Å². The standard InChI is InChI=1S/C13H14FN3O2.ClH/c1-7-4-8(2-3-10(7)14)12-16-13(19-17-12)11-5-9(18)6-15-11;/h2-4,9,11,15,18H,5-6H2,1H3;1H/t9-,11+;/m0./s1.